The van der Waals surface area contributed by atoms with Gasteiger partial charge in [0.15, 0.2) is 0 Å². The standard InChI is InChI=1S/C26H24FN5O2/c27-23-6-5-18(14-24-20-3-1-2-4-21(20)25(33)31-30-24)13-22(23)26(34)32-12-9-19(16-32)29-15-17-7-10-28-11-8-17/h1-8,10-11,13,19,29H,9,12,14-16H2,(H,31,33). The van der Waals surface area contributed by atoms with Crippen LogP contribution in [0.15, 0.2) is 71.8 Å². The van der Waals surface area contributed by atoms with E-state index in [-0.39, 0.29) is 23.1 Å². The molecule has 1 amide bonds. The van der Waals surface area contributed by atoms with Gasteiger partial charge in [-0.1, -0.05) is 24.3 Å². The molecule has 8 heteroatoms. The van der Waals surface area contributed by atoms with Crippen LogP contribution in [0, 0.1) is 5.82 Å². The van der Waals surface area contributed by atoms with E-state index < -0.39 is 5.82 Å². The summed E-state index contributed by atoms with van der Waals surface area (Å²) in [5, 5.41) is 11.5. The normalized spacial score (nSPS) is 15.7. The van der Waals surface area contributed by atoms with Gasteiger partial charge in [0.2, 0.25) is 0 Å². The van der Waals surface area contributed by atoms with E-state index in [1.807, 2.05) is 24.3 Å². The molecule has 5 rings (SSSR count). The minimum absolute atomic E-state index is 0.0565. The van der Waals surface area contributed by atoms with E-state index in [9.17, 15) is 14.0 Å². The highest BCUT2D eigenvalue weighted by atomic mass is 19.1. The van der Waals surface area contributed by atoms with Crippen LogP contribution in [0.4, 0.5) is 4.39 Å². The number of benzene rings is 2. The molecule has 7 nitrogen and oxygen atoms in total. The average Bonchev–Trinajstić information content (AvgIpc) is 3.35. The number of halogens is 1. The fourth-order valence-corrected chi connectivity index (χ4v) is 4.39. The molecule has 0 bridgehead atoms. The highest BCUT2D eigenvalue weighted by Gasteiger charge is 2.28. The van der Waals surface area contributed by atoms with Crippen molar-refractivity contribution in [2.24, 2.45) is 0 Å². The number of H-pyrrole nitrogens is 1. The molecule has 0 radical (unpaired) electrons. The van der Waals surface area contributed by atoms with Crippen molar-refractivity contribution in [2.75, 3.05) is 13.1 Å². The number of carbonyl (C=O) groups excluding carboxylic acids is 1. The van der Waals surface area contributed by atoms with Crippen LogP contribution < -0.4 is 10.9 Å². The fourth-order valence-electron chi connectivity index (χ4n) is 4.39. The molecule has 34 heavy (non-hydrogen) atoms. The van der Waals surface area contributed by atoms with Crippen LogP contribution in [0.25, 0.3) is 10.8 Å². The number of nitrogens with one attached hydrogen (secondary N) is 2. The van der Waals surface area contributed by atoms with E-state index in [2.05, 4.69) is 20.5 Å². The van der Waals surface area contributed by atoms with Crippen molar-refractivity contribution in [3.05, 3.63) is 106 Å². The lowest BCUT2D eigenvalue weighted by molar-refractivity contribution is 0.0784. The Morgan fingerprint density at radius 2 is 1.88 bits per heavy atom. The Morgan fingerprint density at radius 3 is 2.71 bits per heavy atom. The number of aromatic nitrogens is 3. The Bertz CT molecular complexity index is 1390. The summed E-state index contributed by atoms with van der Waals surface area (Å²) < 4.78 is 14.7. The predicted molar refractivity (Wildman–Crippen MR) is 127 cm³/mol. The molecule has 172 valence electrons. The van der Waals surface area contributed by atoms with Gasteiger partial charge in [-0.05, 0) is 47.9 Å². The van der Waals surface area contributed by atoms with E-state index in [4.69, 9.17) is 0 Å². The first-order valence-corrected chi connectivity index (χ1v) is 11.2. The highest BCUT2D eigenvalue weighted by Crippen LogP contribution is 2.21. The molecule has 2 aromatic heterocycles. The van der Waals surface area contributed by atoms with Crippen molar-refractivity contribution in [3.63, 3.8) is 0 Å². The van der Waals surface area contributed by atoms with Crippen LogP contribution in [-0.2, 0) is 13.0 Å². The van der Waals surface area contributed by atoms with E-state index in [1.165, 1.54) is 6.07 Å². The van der Waals surface area contributed by atoms with E-state index in [0.717, 1.165) is 22.9 Å². The van der Waals surface area contributed by atoms with Gasteiger partial charge in [0.1, 0.15) is 5.82 Å². The minimum Gasteiger partial charge on any atom is -0.337 e. The number of carbonyl (C=O) groups is 1. The van der Waals surface area contributed by atoms with Gasteiger partial charge < -0.3 is 10.2 Å². The second-order valence-corrected chi connectivity index (χ2v) is 8.51. The number of nitrogens with zero attached hydrogens (tertiary/aromatic N) is 3. The Kier molecular flexibility index (Phi) is 6.14. The van der Waals surface area contributed by atoms with Crippen molar-refractivity contribution < 1.29 is 9.18 Å². The maximum atomic E-state index is 14.7. The molecule has 1 unspecified atom stereocenters. The van der Waals surface area contributed by atoms with Crippen LogP contribution in [0.3, 0.4) is 0 Å². The van der Waals surface area contributed by atoms with Gasteiger partial charge >= 0.3 is 0 Å². The number of aromatic amines is 1. The zero-order valence-corrected chi connectivity index (χ0v) is 18.5. The van der Waals surface area contributed by atoms with Crippen LogP contribution in [-0.4, -0.2) is 45.1 Å². The van der Waals surface area contributed by atoms with Crippen LogP contribution in [0.1, 0.15) is 33.6 Å². The number of likely N-dealkylation sites (tertiary alicyclic amines) is 1. The molecule has 1 aliphatic rings. The maximum absolute atomic E-state index is 14.7. The van der Waals surface area contributed by atoms with Gasteiger partial charge in [-0.25, -0.2) is 9.49 Å². The van der Waals surface area contributed by atoms with Crippen LogP contribution in [0.5, 0.6) is 0 Å². The number of hydrogen-bond donors (Lipinski definition) is 2. The molecule has 2 aromatic carbocycles. The molecular formula is C26H24FN5O2. The minimum atomic E-state index is -0.541. The lowest BCUT2D eigenvalue weighted by atomic mass is 10.0. The first-order valence-electron chi connectivity index (χ1n) is 11.2. The summed E-state index contributed by atoms with van der Waals surface area (Å²) >= 11 is 0. The lowest BCUT2D eigenvalue weighted by Crippen LogP contribution is -2.35. The number of fused-ring (bicyclic) bond motifs is 1. The third-order valence-corrected chi connectivity index (χ3v) is 6.23. The third kappa shape index (κ3) is 4.58. The molecular weight excluding hydrogens is 433 g/mol. The number of hydrogen-bond acceptors (Lipinski definition) is 5. The Balaban J connectivity index is 1.30. The summed E-state index contributed by atoms with van der Waals surface area (Å²) in [6, 6.07) is 15.8. The smallest absolute Gasteiger partial charge is 0.272 e. The number of amides is 1. The van der Waals surface area contributed by atoms with E-state index >= 15 is 0 Å². The Morgan fingerprint density at radius 1 is 1.09 bits per heavy atom. The molecule has 1 saturated heterocycles. The predicted octanol–water partition coefficient (Wildman–Crippen LogP) is 3.05. The second-order valence-electron chi connectivity index (χ2n) is 8.51. The van der Waals surface area contributed by atoms with Crippen molar-refractivity contribution in [2.45, 2.75) is 25.4 Å². The van der Waals surface area contributed by atoms with Crippen molar-refractivity contribution in [1.29, 1.82) is 0 Å². The van der Waals surface area contributed by atoms with Crippen LogP contribution in [0.2, 0.25) is 0 Å². The Hall–Kier alpha value is -3.91. The molecule has 3 heterocycles. The quantitative estimate of drug-likeness (QED) is 0.465. The summed E-state index contributed by atoms with van der Waals surface area (Å²) in [5.41, 5.74) is 2.35. The fraction of sp³-hybridized carbons (Fsp3) is 0.231. The molecule has 1 fully saturated rings. The van der Waals surface area contributed by atoms with Crippen molar-refractivity contribution in [1.82, 2.24) is 25.4 Å². The summed E-state index contributed by atoms with van der Waals surface area (Å²) in [7, 11) is 0. The highest BCUT2D eigenvalue weighted by molar-refractivity contribution is 5.95. The number of pyridine rings is 1. The van der Waals surface area contributed by atoms with Gasteiger partial charge in [-0.2, -0.15) is 5.10 Å². The first-order chi connectivity index (χ1) is 16.6. The zero-order valence-electron chi connectivity index (χ0n) is 18.5. The lowest BCUT2D eigenvalue weighted by Gasteiger charge is -2.18. The Labute approximate surface area is 195 Å². The third-order valence-electron chi connectivity index (χ3n) is 6.23. The summed E-state index contributed by atoms with van der Waals surface area (Å²) in [6.45, 7) is 1.79. The maximum Gasteiger partial charge on any atom is 0.272 e. The second kappa shape index (κ2) is 9.52. The van der Waals surface area contributed by atoms with Gasteiger partial charge in [0, 0.05) is 49.9 Å². The summed E-state index contributed by atoms with van der Waals surface area (Å²) in [5.74, 6) is -0.854. The summed E-state index contributed by atoms with van der Waals surface area (Å²) in [4.78, 5) is 30.9. The molecule has 4 aromatic rings. The molecule has 1 atom stereocenters. The van der Waals surface area contributed by atoms with Crippen molar-refractivity contribution in [3.8, 4) is 0 Å². The largest absolute Gasteiger partial charge is 0.337 e. The van der Waals surface area contributed by atoms with Crippen molar-refractivity contribution >= 4 is 16.7 Å². The molecule has 1 aliphatic heterocycles. The number of rotatable bonds is 6. The SMILES string of the molecule is O=C(c1cc(Cc2n[nH]c(=O)c3ccccc23)ccc1F)N1CCC(NCc2ccncc2)C1. The molecule has 0 saturated carbocycles. The monoisotopic (exact) mass is 457 g/mol. The molecule has 2 N–H and O–H groups in total. The van der Waals surface area contributed by atoms with Crippen LogP contribution >= 0.6 is 0 Å². The topological polar surface area (TPSA) is 91.0 Å². The summed E-state index contributed by atoms with van der Waals surface area (Å²) in [6.07, 6.45) is 4.69. The first kappa shape index (κ1) is 21.9. The van der Waals surface area contributed by atoms with E-state index in [0.29, 0.717) is 37.1 Å². The van der Waals surface area contributed by atoms with Gasteiger partial charge in [-0.3, -0.25) is 14.6 Å². The molecule has 0 aliphatic carbocycles. The van der Waals surface area contributed by atoms with Gasteiger partial charge in [-0.15, -0.1) is 0 Å². The average molecular weight is 458 g/mol. The zero-order chi connectivity index (χ0) is 23.5. The van der Waals surface area contributed by atoms with E-state index in [1.54, 1.807) is 41.6 Å². The molecule has 0 spiro atoms. The van der Waals surface area contributed by atoms with Gasteiger partial charge in [0.25, 0.3) is 11.5 Å². The van der Waals surface area contributed by atoms with Gasteiger partial charge in [0.05, 0.1) is 16.6 Å².